The van der Waals surface area contributed by atoms with Crippen molar-refractivity contribution in [2.75, 3.05) is 0 Å². The van der Waals surface area contributed by atoms with Crippen molar-refractivity contribution in [3.8, 4) is 29.2 Å². The molecule has 0 aliphatic heterocycles. The molecule has 0 spiro atoms. The lowest BCUT2D eigenvalue weighted by Gasteiger charge is -2.05. The highest BCUT2D eigenvalue weighted by atomic mass is 32.2. The van der Waals surface area contributed by atoms with Gasteiger partial charge in [0.15, 0.2) is 5.82 Å². The van der Waals surface area contributed by atoms with Crippen LogP contribution >= 0.6 is 0 Å². The van der Waals surface area contributed by atoms with Crippen LogP contribution in [0.4, 0.5) is 0 Å². The summed E-state index contributed by atoms with van der Waals surface area (Å²) in [5, 5.41) is 22.4. The van der Waals surface area contributed by atoms with E-state index in [0.29, 0.717) is 22.6 Å². The van der Waals surface area contributed by atoms with Crippen molar-refractivity contribution in [2.24, 2.45) is 5.14 Å². The molecule has 0 saturated carbocycles. The number of hydrogen-bond acceptors (Lipinski definition) is 9. The molecular formula is C19H14N8O3S. The Labute approximate surface area is 176 Å². The molecule has 12 heteroatoms. The average Bonchev–Trinajstić information content (AvgIpc) is 3.26. The monoisotopic (exact) mass is 434 g/mol. The van der Waals surface area contributed by atoms with Gasteiger partial charge in [-0.15, -0.1) is 5.10 Å². The van der Waals surface area contributed by atoms with Crippen LogP contribution in [0.3, 0.4) is 0 Å². The minimum Gasteiger partial charge on any atom is -0.471 e. The second-order valence-corrected chi connectivity index (χ2v) is 7.77. The fraction of sp³-hybridized carbons (Fsp3) is 0.0526. The number of ether oxygens (including phenoxy) is 1. The van der Waals surface area contributed by atoms with Gasteiger partial charge in [0.1, 0.15) is 24.1 Å². The summed E-state index contributed by atoms with van der Waals surface area (Å²) in [6.45, 7) is 0.0824. The molecule has 0 saturated heterocycles. The molecule has 31 heavy (non-hydrogen) atoms. The Morgan fingerprint density at radius 2 is 1.90 bits per heavy atom. The van der Waals surface area contributed by atoms with Crippen LogP contribution in [0.25, 0.3) is 17.2 Å². The van der Waals surface area contributed by atoms with Crippen LogP contribution in [0.5, 0.6) is 5.88 Å². The highest BCUT2D eigenvalue weighted by molar-refractivity contribution is 7.89. The first-order valence-corrected chi connectivity index (χ1v) is 10.3. The molecule has 11 nitrogen and oxygen atoms in total. The Bertz CT molecular complexity index is 1380. The van der Waals surface area contributed by atoms with Gasteiger partial charge in [-0.2, -0.15) is 10.2 Å². The van der Waals surface area contributed by atoms with Crippen LogP contribution in [0, 0.1) is 11.3 Å². The number of sulfonamides is 1. The summed E-state index contributed by atoms with van der Waals surface area (Å²) >= 11 is 0. The Balaban J connectivity index is 1.48. The number of benzene rings is 1. The quantitative estimate of drug-likeness (QED) is 0.470. The molecule has 0 aliphatic carbocycles. The third-order valence-electron chi connectivity index (χ3n) is 4.11. The Morgan fingerprint density at radius 3 is 2.65 bits per heavy atom. The van der Waals surface area contributed by atoms with E-state index in [4.69, 9.17) is 9.88 Å². The van der Waals surface area contributed by atoms with E-state index >= 15 is 0 Å². The molecule has 2 N–H and O–H groups in total. The number of aromatic nitrogens is 6. The third-order valence-corrected chi connectivity index (χ3v) is 5.04. The van der Waals surface area contributed by atoms with Gasteiger partial charge in [-0.3, -0.25) is 4.98 Å². The van der Waals surface area contributed by atoms with Crippen molar-refractivity contribution in [3.63, 3.8) is 0 Å². The summed E-state index contributed by atoms with van der Waals surface area (Å²) in [4.78, 5) is 12.6. The van der Waals surface area contributed by atoms with Gasteiger partial charge in [-0.1, -0.05) is 5.21 Å². The van der Waals surface area contributed by atoms with E-state index in [9.17, 15) is 13.7 Å². The summed E-state index contributed by atoms with van der Waals surface area (Å²) in [6.07, 6.45) is 4.71. The van der Waals surface area contributed by atoms with E-state index in [2.05, 4.69) is 31.3 Å². The molecule has 0 fully saturated rings. The molecule has 0 atom stereocenters. The van der Waals surface area contributed by atoms with E-state index < -0.39 is 10.0 Å². The minimum atomic E-state index is -3.76. The molecule has 3 heterocycles. The molecule has 0 bridgehead atoms. The largest absolute Gasteiger partial charge is 0.471 e. The van der Waals surface area contributed by atoms with Gasteiger partial charge in [-0.05, 0) is 36.4 Å². The lowest BCUT2D eigenvalue weighted by Crippen LogP contribution is -2.12. The maximum absolute atomic E-state index is 11.4. The number of hydrogen-bond donors (Lipinski definition) is 1. The van der Waals surface area contributed by atoms with Gasteiger partial charge in [-0.25, -0.2) is 23.2 Å². The fourth-order valence-corrected chi connectivity index (χ4v) is 3.15. The second-order valence-electron chi connectivity index (χ2n) is 6.21. The second kappa shape index (κ2) is 8.27. The summed E-state index contributed by atoms with van der Waals surface area (Å²) in [6, 6.07) is 12.8. The number of primary sulfonamides is 1. The van der Waals surface area contributed by atoms with Crippen molar-refractivity contribution in [2.45, 2.75) is 11.5 Å². The number of rotatable bonds is 6. The summed E-state index contributed by atoms with van der Waals surface area (Å²) in [5.74, 6) is 0.555. The standard InChI is InChI=1S/C19H14N8O3S/c20-10-13-2-1-8-22-18(13)19-23-9-7-17(24-19)30-12-14-11-27(26-25-14)15-3-5-16(6-4-15)31(21,28)29/h1-9,11H,12H2,(H2,21,28,29). The van der Waals surface area contributed by atoms with Crippen LogP contribution in [0.1, 0.15) is 11.3 Å². The van der Waals surface area contributed by atoms with Crippen LogP contribution in [-0.4, -0.2) is 38.4 Å². The fourth-order valence-electron chi connectivity index (χ4n) is 2.64. The number of nitrogens with zero attached hydrogens (tertiary/aromatic N) is 7. The Hall–Kier alpha value is -4.21. The molecule has 0 aliphatic rings. The zero-order valence-corrected chi connectivity index (χ0v) is 16.6. The van der Waals surface area contributed by atoms with Crippen LogP contribution in [-0.2, 0) is 16.6 Å². The van der Waals surface area contributed by atoms with Crippen molar-refractivity contribution in [1.82, 2.24) is 29.9 Å². The van der Waals surface area contributed by atoms with Gasteiger partial charge in [0.2, 0.25) is 15.9 Å². The van der Waals surface area contributed by atoms with Gasteiger partial charge >= 0.3 is 0 Å². The average molecular weight is 434 g/mol. The summed E-state index contributed by atoms with van der Waals surface area (Å²) in [5.41, 5.74) is 1.85. The van der Waals surface area contributed by atoms with Crippen LogP contribution < -0.4 is 9.88 Å². The zero-order chi connectivity index (χ0) is 21.8. The first kappa shape index (κ1) is 20.1. The molecule has 4 aromatic rings. The summed E-state index contributed by atoms with van der Waals surface area (Å²) < 4.78 is 29.8. The SMILES string of the molecule is N#Cc1cccnc1-c1nccc(OCc2cn(-c3ccc(S(N)(=O)=O)cc3)nn2)n1. The smallest absolute Gasteiger partial charge is 0.238 e. The molecule has 154 valence electrons. The van der Waals surface area contributed by atoms with Crippen molar-refractivity contribution in [3.05, 3.63) is 72.3 Å². The maximum Gasteiger partial charge on any atom is 0.238 e. The first-order chi connectivity index (χ1) is 14.9. The van der Waals surface area contributed by atoms with E-state index in [-0.39, 0.29) is 23.2 Å². The Kier molecular flexibility index (Phi) is 5.35. The van der Waals surface area contributed by atoms with Gasteiger partial charge in [0, 0.05) is 18.5 Å². The normalized spacial score (nSPS) is 11.1. The maximum atomic E-state index is 11.4. The minimum absolute atomic E-state index is 0.00643. The molecule has 1 aromatic carbocycles. The molecule has 0 unspecified atom stereocenters. The highest BCUT2D eigenvalue weighted by Gasteiger charge is 2.12. The van der Waals surface area contributed by atoms with Gasteiger partial charge in [0.05, 0.1) is 22.3 Å². The molecule has 0 radical (unpaired) electrons. The molecule has 3 aromatic heterocycles. The number of pyridine rings is 1. The third kappa shape index (κ3) is 4.53. The van der Waals surface area contributed by atoms with Gasteiger partial charge in [0.25, 0.3) is 0 Å². The van der Waals surface area contributed by atoms with E-state index in [1.165, 1.54) is 23.0 Å². The first-order valence-electron chi connectivity index (χ1n) is 8.80. The van der Waals surface area contributed by atoms with Crippen molar-refractivity contribution >= 4 is 10.0 Å². The molecular weight excluding hydrogens is 420 g/mol. The van der Waals surface area contributed by atoms with E-state index in [0.717, 1.165) is 0 Å². The lowest BCUT2D eigenvalue weighted by molar-refractivity contribution is 0.289. The topological polar surface area (TPSA) is 163 Å². The number of nitriles is 1. The number of nitrogens with two attached hydrogens (primary N) is 1. The van der Waals surface area contributed by atoms with E-state index in [1.807, 2.05) is 0 Å². The van der Waals surface area contributed by atoms with Gasteiger partial charge < -0.3 is 4.74 Å². The predicted molar refractivity (Wildman–Crippen MR) is 107 cm³/mol. The van der Waals surface area contributed by atoms with E-state index in [1.54, 1.807) is 42.7 Å². The Morgan fingerprint density at radius 1 is 1.10 bits per heavy atom. The lowest BCUT2D eigenvalue weighted by atomic mass is 10.2. The highest BCUT2D eigenvalue weighted by Crippen LogP contribution is 2.19. The predicted octanol–water partition coefficient (Wildman–Crippen LogP) is 1.22. The van der Waals surface area contributed by atoms with Crippen molar-refractivity contribution < 1.29 is 13.2 Å². The molecule has 0 amide bonds. The van der Waals surface area contributed by atoms with Crippen LogP contribution in [0.15, 0.2) is 66.0 Å². The van der Waals surface area contributed by atoms with Crippen LogP contribution in [0.2, 0.25) is 0 Å². The summed E-state index contributed by atoms with van der Waals surface area (Å²) in [7, 11) is -3.76. The zero-order valence-electron chi connectivity index (χ0n) is 15.8. The van der Waals surface area contributed by atoms with Crippen molar-refractivity contribution in [1.29, 1.82) is 5.26 Å². The molecule has 4 rings (SSSR count).